The average Bonchev–Trinajstić information content (AvgIpc) is 2.96. The van der Waals surface area contributed by atoms with E-state index in [9.17, 15) is 4.79 Å². The van der Waals surface area contributed by atoms with Gasteiger partial charge >= 0.3 is 5.97 Å². The zero-order valence-electron chi connectivity index (χ0n) is 8.72. The van der Waals surface area contributed by atoms with Gasteiger partial charge in [0.2, 0.25) is 0 Å². The van der Waals surface area contributed by atoms with E-state index >= 15 is 0 Å². The van der Waals surface area contributed by atoms with Crippen molar-refractivity contribution in [3.05, 3.63) is 28.9 Å². The van der Waals surface area contributed by atoms with Gasteiger partial charge in [0.25, 0.3) is 5.90 Å². The molecule has 1 radical (unpaired) electrons. The van der Waals surface area contributed by atoms with Crippen molar-refractivity contribution in [1.29, 1.82) is 0 Å². The Labute approximate surface area is 112 Å². The lowest BCUT2D eigenvalue weighted by Gasteiger charge is -2.27. The highest BCUT2D eigenvalue weighted by Crippen LogP contribution is 2.43. The van der Waals surface area contributed by atoms with E-state index in [-0.39, 0.29) is 5.90 Å². The number of aliphatic imine (C=N–C) groups is 1. The van der Waals surface area contributed by atoms with Gasteiger partial charge in [-0.1, -0.05) is 6.07 Å². The Kier molecular flexibility index (Phi) is 3.61. The molecule has 2 heterocycles. The fourth-order valence-electron chi connectivity index (χ4n) is 1.37. The lowest BCUT2D eigenvalue weighted by molar-refractivity contribution is -0.134. The summed E-state index contributed by atoms with van der Waals surface area (Å²) < 4.78 is 10.0. The molecule has 0 aromatic carbocycles. The average molecular weight is 293 g/mol. The van der Waals surface area contributed by atoms with Gasteiger partial charge in [-0.05, 0) is 11.4 Å². The van der Waals surface area contributed by atoms with Gasteiger partial charge in [0.05, 0.1) is 12.0 Å². The molecule has 1 aliphatic rings. The van der Waals surface area contributed by atoms with Crippen molar-refractivity contribution in [3.63, 3.8) is 0 Å². The third-order valence-electron chi connectivity index (χ3n) is 2.23. The largest absolute Gasteiger partial charge is 0.462 e. The van der Waals surface area contributed by atoms with E-state index in [0.717, 1.165) is 4.88 Å². The number of carbonyl (C=O) groups excluding carboxylic acids is 1. The Morgan fingerprint density at radius 1 is 1.65 bits per heavy atom. The minimum Gasteiger partial charge on any atom is -0.462 e. The SMILES string of the molecule is COC(=O)C1=N[CH]C(c2cccs2)(C(Cl)Cl)O1. The van der Waals surface area contributed by atoms with Gasteiger partial charge in [-0.15, -0.1) is 34.5 Å². The first-order chi connectivity index (χ1) is 8.10. The van der Waals surface area contributed by atoms with Gasteiger partial charge < -0.3 is 9.47 Å². The maximum absolute atomic E-state index is 11.3. The molecule has 0 aliphatic carbocycles. The molecule has 1 atom stereocenters. The van der Waals surface area contributed by atoms with Crippen molar-refractivity contribution < 1.29 is 14.3 Å². The molecule has 4 nitrogen and oxygen atoms in total. The van der Waals surface area contributed by atoms with E-state index in [2.05, 4.69) is 9.73 Å². The van der Waals surface area contributed by atoms with Crippen LogP contribution in [-0.4, -0.2) is 23.8 Å². The van der Waals surface area contributed by atoms with Crippen LogP contribution < -0.4 is 0 Å². The highest BCUT2D eigenvalue weighted by Gasteiger charge is 2.49. The molecule has 91 valence electrons. The molecule has 0 fully saturated rings. The minimum absolute atomic E-state index is 0.146. The van der Waals surface area contributed by atoms with Crippen molar-refractivity contribution in [3.8, 4) is 0 Å². The van der Waals surface area contributed by atoms with E-state index in [1.807, 2.05) is 17.5 Å². The van der Waals surface area contributed by atoms with Crippen LogP contribution >= 0.6 is 34.5 Å². The van der Waals surface area contributed by atoms with E-state index in [4.69, 9.17) is 27.9 Å². The molecule has 1 aromatic rings. The maximum Gasteiger partial charge on any atom is 0.393 e. The second kappa shape index (κ2) is 4.84. The molecule has 0 amide bonds. The van der Waals surface area contributed by atoms with Crippen molar-refractivity contribution in [2.75, 3.05) is 7.11 Å². The second-order valence-corrected chi connectivity index (χ2v) is 5.27. The predicted octanol–water partition coefficient (Wildman–Crippen LogP) is 2.51. The van der Waals surface area contributed by atoms with Crippen molar-refractivity contribution in [1.82, 2.24) is 0 Å². The molecule has 17 heavy (non-hydrogen) atoms. The molecule has 7 heteroatoms. The Bertz CT molecular complexity index is 446. The number of thiophene rings is 1. The minimum atomic E-state index is -1.11. The predicted molar refractivity (Wildman–Crippen MR) is 66.3 cm³/mol. The number of ether oxygens (including phenoxy) is 2. The lowest BCUT2D eigenvalue weighted by Crippen LogP contribution is -2.35. The molecule has 1 aliphatic heterocycles. The first-order valence-electron chi connectivity index (χ1n) is 4.62. The number of hydrogen-bond acceptors (Lipinski definition) is 5. The Morgan fingerprint density at radius 3 is 2.94 bits per heavy atom. The van der Waals surface area contributed by atoms with Crippen molar-refractivity contribution in [2.24, 2.45) is 4.99 Å². The number of esters is 1. The fraction of sp³-hybridized carbons (Fsp3) is 0.300. The number of alkyl halides is 2. The summed E-state index contributed by atoms with van der Waals surface area (Å²) in [4.78, 5) is 15.1. The third kappa shape index (κ3) is 2.14. The van der Waals surface area contributed by atoms with Gasteiger partial charge in [-0.3, -0.25) is 0 Å². The smallest absolute Gasteiger partial charge is 0.393 e. The third-order valence-corrected chi connectivity index (χ3v) is 3.88. The van der Waals surface area contributed by atoms with Crippen LogP contribution in [0.2, 0.25) is 0 Å². The van der Waals surface area contributed by atoms with E-state index in [0.29, 0.717) is 0 Å². The van der Waals surface area contributed by atoms with Crippen LogP contribution in [0.3, 0.4) is 0 Å². The molecule has 0 saturated heterocycles. The molecule has 0 spiro atoms. The lowest BCUT2D eigenvalue weighted by atomic mass is 10.1. The summed E-state index contributed by atoms with van der Waals surface area (Å²) in [6.07, 6.45) is 0. The first-order valence-corrected chi connectivity index (χ1v) is 6.37. The van der Waals surface area contributed by atoms with Crippen LogP contribution in [0.5, 0.6) is 0 Å². The summed E-state index contributed by atoms with van der Waals surface area (Å²) >= 11 is 13.3. The molecular formula is C10H8Cl2NO3S. The zero-order valence-corrected chi connectivity index (χ0v) is 11.1. The quantitative estimate of drug-likeness (QED) is 0.635. The summed E-state index contributed by atoms with van der Waals surface area (Å²) in [6.45, 7) is 1.43. The molecule has 0 bridgehead atoms. The van der Waals surface area contributed by atoms with Crippen LogP contribution in [-0.2, 0) is 19.9 Å². The fourth-order valence-corrected chi connectivity index (χ4v) is 2.80. The molecule has 0 saturated carbocycles. The number of rotatable bonds is 3. The Balaban J connectivity index is 2.28. The number of hydrogen-bond donors (Lipinski definition) is 0. The zero-order chi connectivity index (χ0) is 12.5. The van der Waals surface area contributed by atoms with Crippen LogP contribution in [0.15, 0.2) is 22.5 Å². The molecule has 0 N–H and O–H groups in total. The first kappa shape index (κ1) is 12.7. The normalized spacial score (nSPS) is 23.4. The summed E-state index contributed by atoms with van der Waals surface area (Å²) in [5, 5.41) is 1.86. The highest BCUT2D eigenvalue weighted by atomic mass is 35.5. The van der Waals surface area contributed by atoms with Crippen molar-refractivity contribution >= 4 is 46.4 Å². The van der Waals surface area contributed by atoms with Crippen molar-refractivity contribution in [2.45, 2.75) is 10.4 Å². The van der Waals surface area contributed by atoms with E-state index < -0.39 is 16.4 Å². The van der Waals surface area contributed by atoms with Crippen LogP contribution in [0.1, 0.15) is 4.88 Å². The number of nitrogens with zero attached hydrogens (tertiary/aromatic N) is 1. The highest BCUT2D eigenvalue weighted by molar-refractivity contribution is 7.10. The Morgan fingerprint density at radius 2 is 2.41 bits per heavy atom. The standard InChI is InChI=1S/C10H8Cl2NO3S/c1-15-8(14)7-13-5-10(16-7,9(11)12)6-3-2-4-17-6/h2-5,9H,1H3. The van der Waals surface area contributed by atoms with Crippen LogP contribution in [0, 0.1) is 6.54 Å². The summed E-state index contributed by atoms with van der Waals surface area (Å²) in [6, 6.07) is 3.65. The van der Waals surface area contributed by atoms with Gasteiger partial charge in [0, 0.05) is 0 Å². The van der Waals surface area contributed by atoms with Gasteiger partial charge in [0.1, 0.15) is 6.54 Å². The van der Waals surface area contributed by atoms with Gasteiger partial charge in [-0.2, -0.15) is 0 Å². The monoisotopic (exact) mass is 292 g/mol. The molecule has 2 rings (SSSR count). The molecule has 1 aromatic heterocycles. The summed E-state index contributed by atoms with van der Waals surface area (Å²) in [5.41, 5.74) is -1.11. The molecular weight excluding hydrogens is 285 g/mol. The van der Waals surface area contributed by atoms with E-state index in [1.165, 1.54) is 25.0 Å². The van der Waals surface area contributed by atoms with E-state index in [1.54, 1.807) is 0 Å². The summed E-state index contributed by atoms with van der Waals surface area (Å²) in [7, 11) is 1.25. The summed E-state index contributed by atoms with van der Waals surface area (Å²) in [5.74, 6) is -0.805. The van der Waals surface area contributed by atoms with Gasteiger partial charge in [-0.25, -0.2) is 9.79 Å². The number of carbonyl (C=O) groups is 1. The number of halogens is 2. The molecule has 1 unspecified atom stereocenters. The second-order valence-electron chi connectivity index (χ2n) is 3.23. The van der Waals surface area contributed by atoms with Crippen LogP contribution in [0.25, 0.3) is 0 Å². The van der Waals surface area contributed by atoms with Gasteiger partial charge in [0.15, 0.2) is 10.4 Å². The number of methoxy groups -OCH3 is 1. The topological polar surface area (TPSA) is 47.9 Å². The van der Waals surface area contributed by atoms with Crippen LogP contribution in [0.4, 0.5) is 0 Å². The maximum atomic E-state index is 11.3. The Hall–Kier alpha value is -0.780.